The zero-order valence-electron chi connectivity index (χ0n) is 45.6. The van der Waals surface area contributed by atoms with Gasteiger partial charge in [0.25, 0.3) is 0 Å². The summed E-state index contributed by atoms with van der Waals surface area (Å²) in [6, 6.07) is -0.782. The highest BCUT2D eigenvalue weighted by Crippen LogP contribution is 2.43. The molecule has 9 heteroatoms. The standard InChI is InChI=1S/C62H103N2O6P/c1-6-8-10-12-14-16-17-18-19-20-21-22-23-24-25-26-27-28-29-30-31-32-33-34-35-36-37-38-39-40-41-42-43-44-45-46-47-48-50-52-54-56-62(66)63-60(59-70-71(67,68)69-58-57-64(3,4)5)61(65)55-53-51-49-15-13-11-9-7-2/h8,10,14,16,18-19,21-22,24-25,27-28,30-31,33-34,36-37,39-40,42-43,45-46,60-61,65H,6-7,9,11-13,15,17,20,23,26,29,32,35,38,41,44,47-59H2,1-5H3,(H-,63,66,67,68)/p+1/b10-8-,16-14-,19-18-,22-21-,25-24-,28-27-,31-30-,34-33-,37-36-,40-39-,43-42-,46-45-. The lowest BCUT2D eigenvalue weighted by molar-refractivity contribution is -0.870. The average molecular weight is 1000 g/mol. The van der Waals surface area contributed by atoms with Gasteiger partial charge in [0.2, 0.25) is 5.91 Å². The fraction of sp³-hybridized carbons (Fsp3) is 0.597. The molecule has 0 fully saturated rings. The molecule has 0 spiro atoms. The molecule has 0 aliphatic heterocycles. The van der Waals surface area contributed by atoms with E-state index in [1.165, 1.54) is 32.1 Å². The van der Waals surface area contributed by atoms with Crippen LogP contribution in [-0.4, -0.2) is 73.4 Å². The first-order chi connectivity index (χ1) is 34.5. The van der Waals surface area contributed by atoms with E-state index in [-0.39, 0.29) is 19.1 Å². The van der Waals surface area contributed by atoms with Gasteiger partial charge in [0.1, 0.15) is 13.2 Å². The zero-order valence-corrected chi connectivity index (χ0v) is 46.5. The summed E-state index contributed by atoms with van der Waals surface area (Å²) in [4.78, 5) is 23.1. The van der Waals surface area contributed by atoms with Crippen LogP contribution in [0.2, 0.25) is 0 Å². The highest BCUT2D eigenvalue weighted by molar-refractivity contribution is 7.47. The van der Waals surface area contributed by atoms with Gasteiger partial charge in [-0.2, -0.15) is 0 Å². The van der Waals surface area contributed by atoms with E-state index < -0.39 is 20.0 Å². The molecule has 0 radical (unpaired) electrons. The number of rotatable bonds is 48. The fourth-order valence-electron chi connectivity index (χ4n) is 7.03. The number of hydrogen-bond acceptors (Lipinski definition) is 5. The van der Waals surface area contributed by atoms with Crippen LogP contribution in [0.5, 0.6) is 0 Å². The molecule has 3 atom stereocenters. The van der Waals surface area contributed by atoms with E-state index in [1.54, 1.807) is 0 Å². The highest BCUT2D eigenvalue weighted by atomic mass is 31.2. The first kappa shape index (κ1) is 67.4. The van der Waals surface area contributed by atoms with E-state index in [1.807, 2.05) is 21.1 Å². The lowest BCUT2D eigenvalue weighted by Crippen LogP contribution is -2.46. The number of likely N-dealkylation sites (N-methyl/N-ethyl adjacent to an activating group) is 1. The number of aliphatic hydroxyl groups is 1. The van der Waals surface area contributed by atoms with Gasteiger partial charge in [0.05, 0.1) is 39.9 Å². The minimum atomic E-state index is -4.33. The predicted molar refractivity (Wildman–Crippen MR) is 308 cm³/mol. The molecule has 0 rings (SSSR count). The molecule has 0 bridgehead atoms. The molecule has 3 unspecified atom stereocenters. The number of nitrogens with zero attached hydrogens (tertiary/aromatic N) is 1. The van der Waals surface area contributed by atoms with Crippen LogP contribution in [0.4, 0.5) is 0 Å². The van der Waals surface area contributed by atoms with Gasteiger partial charge >= 0.3 is 7.82 Å². The molecule has 3 N–H and O–H groups in total. The number of allylic oxidation sites excluding steroid dienone is 24. The predicted octanol–water partition coefficient (Wildman–Crippen LogP) is 16.9. The van der Waals surface area contributed by atoms with Crippen molar-refractivity contribution in [3.63, 3.8) is 0 Å². The minimum absolute atomic E-state index is 0.0612. The summed E-state index contributed by atoms with van der Waals surface area (Å²) in [5.41, 5.74) is 0. The summed E-state index contributed by atoms with van der Waals surface area (Å²) in [6.45, 7) is 4.68. The Hall–Kier alpha value is -3.62. The molecule has 0 saturated heterocycles. The number of aliphatic hydroxyl groups excluding tert-OH is 1. The lowest BCUT2D eigenvalue weighted by Gasteiger charge is -2.26. The Morgan fingerprint density at radius 2 is 0.845 bits per heavy atom. The molecule has 0 aromatic carbocycles. The van der Waals surface area contributed by atoms with Crippen LogP contribution < -0.4 is 5.32 Å². The van der Waals surface area contributed by atoms with Crippen molar-refractivity contribution in [2.45, 2.75) is 199 Å². The van der Waals surface area contributed by atoms with Crippen molar-refractivity contribution >= 4 is 13.7 Å². The van der Waals surface area contributed by atoms with E-state index in [9.17, 15) is 19.4 Å². The highest BCUT2D eigenvalue weighted by Gasteiger charge is 2.28. The van der Waals surface area contributed by atoms with Gasteiger partial charge in [0.15, 0.2) is 0 Å². The van der Waals surface area contributed by atoms with E-state index in [0.29, 0.717) is 23.9 Å². The van der Waals surface area contributed by atoms with E-state index in [2.05, 4.69) is 165 Å². The Bertz CT molecular complexity index is 1660. The summed E-state index contributed by atoms with van der Waals surface area (Å²) >= 11 is 0. The number of hydrogen-bond donors (Lipinski definition) is 3. The van der Waals surface area contributed by atoms with Crippen molar-refractivity contribution in [1.29, 1.82) is 0 Å². The van der Waals surface area contributed by atoms with Crippen molar-refractivity contribution in [3.8, 4) is 0 Å². The maximum Gasteiger partial charge on any atom is 0.472 e. The fourth-order valence-corrected chi connectivity index (χ4v) is 7.76. The number of phosphoric acid groups is 1. The van der Waals surface area contributed by atoms with Crippen LogP contribution in [-0.2, 0) is 18.4 Å². The van der Waals surface area contributed by atoms with Gasteiger partial charge < -0.3 is 19.8 Å². The molecule has 402 valence electrons. The van der Waals surface area contributed by atoms with Crippen molar-refractivity contribution in [3.05, 3.63) is 146 Å². The van der Waals surface area contributed by atoms with E-state index >= 15 is 0 Å². The van der Waals surface area contributed by atoms with Gasteiger partial charge in [0, 0.05) is 6.42 Å². The van der Waals surface area contributed by atoms with Gasteiger partial charge in [-0.15, -0.1) is 0 Å². The number of phosphoric ester groups is 1. The molecule has 8 nitrogen and oxygen atoms in total. The molecule has 0 heterocycles. The topological polar surface area (TPSA) is 105 Å². The van der Waals surface area contributed by atoms with Crippen LogP contribution >= 0.6 is 7.82 Å². The van der Waals surface area contributed by atoms with Gasteiger partial charge in [-0.3, -0.25) is 13.8 Å². The second-order valence-electron chi connectivity index (χ2n) is 19.2. The molecular weight excluding hydrogens is 900 g/mol. The van der Waals surface area contributed by atoms with Crippen LogP contribution in [0, 0.1) is 0 Å². The van der Waals surface area contributed by atoms with Crippen LogP contribution in [0.25, 0.3) is 0 Å². The van der Waals surface area contributed by atoms with E-state index in [4.69, 9.17) is 9.05 Å². The second kappa shape index (κ2) is 51.3. The molecule has 0 aromatic rings. The third kappa shape index (κ3) is 54.0. The summed E-state index contributed by atoms with van der Waals surface area (Å²) in [7, 11) is 1.57. The van der Waals surface area contributed by atoms with Crippen molar-refractivity contribution in [2.75, 3.05) is 40.9 Å². The summed E-state index contributed by atoms with van der Waals surface area (Å²) in [5.74, 6) is -0.179. The molecule has 0 aliphatic carbocycles. The smallest absolute Gasteiger partial charge is 0.391 e. The monoisotopic (exact) mass is 1000 g/mol. The number of nitrogens with one attached hydrogen (secondary N) is 1. The van der Waals surface area contributed by atoms with Crippen molar-refractivity contribution in [2.24, 2.45) is 0 Å². The Morgan fingerprint density at radius 1 is 0.493 bits per heavy atom. The molecule has 0 aromatic heterocycles. The Balaban J connectivity index is 4.10. The van der Waals surface area contributed by atoms with Gasteiger partial charge in [-0.25, -0.2) is 4.57 Å². The lowest BCUT2D eigenvalue weighted by atomic mass is 10.0. The number of amides is 1. The molecule has 71 heavy (non-hydrogen) atoms. The van der Waals surface area contributed by atoms with Crippen molar-refractivity contribution < 1.29 is 32.9 Å². The zero-order chi connectivity index (χ0) is 52.0. The maximum absolute atomic E-state index is 12.9. The summed E-state index contributed by atoms with van der Waals surface area (Å²) in [5, 5.41) is 13.9. The number of unbranched alkanes of at least 4 members (excludes halogenated alkanes) is 11. The normalized spacial score (nSPS) is 15.1. The van der Waals surface area contributed by atoms with Crippen LogP contribution in [0.15, 0.2) is 146 Å². The van der Waals surface area contributed by atoms with Crippen LogP contribution in [0.1, 0.15) is 187 Å². The van der Waals surface area contributed by atoms with E-state index in [0.717, 1.165) is 128 Å². The third-order valence-corrected chi connectivity index (χ3v) is 12.3. The summed E-state index contributed by atoms with van der Waals surface area (Å²) in [6.07, 6.45) is 79.3. The quantitative estimate of drug-likeness (QED) is 0.0243. The first-order valence-corrected chi connectivity index (χ1v) is 29.2. The van der Waals surface area contributed by atoms with Crippen molar-refractivity contribution in [1.82, 2.24) is 5.32 Å². The summed E-state index contributed by atoms with van der Waals surface area (Å²) < 4.78 is 23.6. The second-order valence-corrected chi connectivity index (χ2v) is 20.7. The Labute approximate surface area is 436 Å². The first-order valence-electron chi connectivity index (χ1n) is 27.7. The number of quaternary nitrogens is 1. The largest absolute Gasteiger partial charge is 0.472 e. The minimum Gasteiger partial charge on any atom is -0.391 e. The van der Waals surface area contributed by atoms with Gasteiger partial charge in [-0.05, 0) is 103 Å². The Morgan fingerprint density at radius 3 is 1.24 bits per heavy atom. The number of carbonyl (C=O) groups is 1. The van der Waals surface area contributed by atoms with Crippen LogP contribution in [0.3, 0.4) is 0 Å². The SMILES string of the molecule is CC/C=C\C/C=C\C/C=C\C/C=C\C/C=C\C/C=C\C/C=C\C/C=C\C/C=C\C/C=C\C/C=C\C/C=C\CCCCCCC(=O)NC(COP(=O)(O)OCC[N+](C)(C)C)C(O)CCCCCCCCCC. The molecule has 0 aliphatic rings. The Kier molecular flexibility index (Phi) is 48.7. The van der Waals surface area contributed by atoms with Gasteiger partial charge in [-0.1, -0.05) is 224 Å². The number of carbonyl (C=O) groups excluding carboxylic acids is 1. The molecular formula is C62H104N2O6P+. The maximum atomic E-state index is 12.9. The molecule has 1 amide bonds. The average Bonchev–Trinajstić information content (AvgIpc) is 3.33. The third-order valence-electron chi connectivity index (χ3n) is 11.4. The molecule has 0 saturated carbocycles.